The fourth-order valence-corrected chi connectivity index (χ4v) is 3.14. The maximum atomic E-state index is 12.9. The first-order valence-electron chi connectivity index (χ1n) is 8.02. The second-order valence-corrected chi connectivity index (χ2v) is 5.83. The van der Waals surface area contributed by atoms with E-state index < -0.39 is 0 Å². The van der Waals surface area contributed by atoms with Gasteiger partial charge < -0.3 is 9.80 Å². The third kappa shape index (κ3) is 3.46. The molecule has 2 rings (SSSR count). The number of rotatable bonds is 5. The lowest BCUT2D eigenvalue weighted by Crippen LogP contribution is -2.45. The van der Waals surface area contributed by atoms with Crippen molar-refractivity contribution in [3.8, 4) is 0 Å². The van der Waals surface area contributed by atoms with Gasteiger partial charge in [0.25, 0.3) is 0 Å². The molecule has 5 heteroatoms. The molecule has 0 radical (unpaired) electrons. The predicted octanol–water partition coefficient (Wildman–Crippen LogP) is 2.25. The normalized spacial score (nSPS) is 19.9. The maximum Gasteiger partial charge on any atom is 0.226 e. The summed E-state index contributed by atoms with van der Waals surface area (Å²) in [6.45, 7) is 5.40. The summed E-state index contributed by atoms with van der Waals surface area (Å²) in [5, 5.41) is 0. The van der Waals surface area contributed by atoms with Gasteiger partial charge in [0.1, 0.15) is 0 Å². The molecule has 1 saturated heterocycles. The maximum absolute atomic E-state index is 12.9. The Morgan fingerprint density at radius 2 is 2.09 bits per heavy atom. The van der Waals surface area contributed by atoms with Gasteiger partial charge in [0.2, 0.25) is 11.8 Å². The Morgan fingerprint density at radius 1 is 1.41 bits per heavy atom. The molecule has 1 fully saturated rings. The van der Waals surface area contributed by atoms with E-state index in [9.17, 15) is 9.59 Å². The molecule has 0 aromatic carbocycles. The molecule has 2 heterocycles. The van der Waals surface area contributed by atoms with Gasteiger partial charge in [-0.1, -0.05) is 6.92 Å². The number of nitrogens with zero attached hydrogens (tertiary/aromatic N) is 3. The van der Waals surface area contributed by atoms with E-state index in [1.54, 1.807) is 24.3 Å². The van der Waals surface area contributed by atoms with Crippen molar-refractivity contribution < 1.29 is 9.59 Å². The molecule has 1 aromatic heterocycles. The number of amides is 2. The number of hydrogen-bond acceptors (Lipinski definition) is 3. The van der Waals surface area contributed by atoms with E-state index in [0.717, 1.165) is 18.4 Å². The van der Waals surface area contributed by atoms with Crippen LogP contribution < -0.4 is 0 Å². The zero-order valence-corrected chi connectivity index (χ0v) is 13.7. The van der Waals surface area contributed by atoms with Gasteiger partial charge in [-0.25, -0.2) is 0 Å². The molecule has 0 unspecified atom stereocenters. The van der Waals surface area contributed by atoms with Crippen LogP contribution in [0.15, 0.2) is 24.5 Å². The summed E-state index contributed by atoms with van der Waals surface area (Å²) in [5.41, 5.74) is 1.10. The number of aromatic nitrogens is 1. The Kier molecular flexibility index (Phi) is 5.52. The van der Waals surface area contributed by atoms with Gasteiger partial charge >= 0.3 is 0 Å². The zero-order chi connectivity index (χ0) is 16.1. The number of piperidine rings is 1. The summed E-state index contributed by atoms with van der Waals surface area (Å²) >= 11 is 0. The van der Waals surface area contributed by atoms with Crippen molar-refractivity contribution in [2.75, 3.05) is 20.1 Å². The molecule has 0 saturated carbocycles. The molecule has 1 aliphatic rings. The molecule has 0 bridgehead atoms. The third-order valence-electron chi connectivity index (χ3n) is 4.49. The van der Waals surface area contributed by atoms with E-state index in [1.165, 1.54) is 0 Å². The quantitative estimate of drug-likeness (QED) is 0.838. The molecule has 0 spiro atoms. The van der Waals surface area contributed by atoms with Crippen molar-refractivity contribution in [1.29, 1.82) is 0 Å². The summed E-state index contributed by atoms with van der Waals surface area (Å²) in [5.74, 6) is -0.00948. The van der Waals surface area contributed by atoms with E-state index in [2.05, 4.69) is 11.9 Å². The van der Waals surface area contributed by atoms with Gasteiger partial charge in [0, 0.05) is 44.9 Å². The van der Waals surface area contributed by atoms with Crippen molar-refractivity contribution in [1.82, 2.24) is 14.8 Å². The Hall–Kier alpha value is -1.91. The highest BCUT2D eigenvalue weighted by atomic mass is 16.2. The van der Waals surface area contributed by atoms with Crippen molar-refractivity contribution in [2.45, 2.75) is 39.2 Å². The Morgan fingerprint density at radius 3 is 2.64 bits per heavy atom. The van der Waals surface area contributed by atoms with Crippen LogP contribution in [-0.2, 0) is 9.59 Å². The number of pyridine rings is 1. The molecule has 0 aliphatic carbocycles. The van der Waals surface area contributed by atoms with Crippen LogP contribution in [0.1, 0.15) is 44.7 Å². The van der Waals surface area contributed by atoms with Crippen LogP contribution in [0.25, 0.3) is 0 Å². The fourth-order valence-electron chi connectivity index (χ4n) is 3.14. The van der Waals surface area contributed by atoms with Crippen molar-refractivity contribution in [3.63, 3.8) is 0 Å². The number of carbonyl (C=O) groups excluding carboxylic acids is 2. The first-order valence-corrected chi connectivity index (χ1v) is 8.02. The van der Waals surface area contributed by atoms with Crippen molar-refractivity contribution >= 4 is 11.8 Å². The summed E-state index contributed by atoms with van der Waals surface area (Å²) in [6.07, 6.45) is 5.46. The molecular weight excluding hydrogens is 278 g/mol. The van der Waals surface area contributed by atoms with Crippen molar-refractivity contribution in [2.24, 2.45) is 5.92 Å². The average Bonchev–Trinajstić information content (AvgIpc) is 2.55. The minimum absolute atomic E-state index is 0.0512. The molecule has 2 amide bonds. The highest BCUT2D eigenvalue weighted by molar-refractivity contribution is 5.87. The van der Waals surface area contributed by atoms with Gasteiger partial charge in [-0.3, -0.25) is 14.6 Å². The van der Waals surface area contributed by atoms with Crippen LogP contribution in [0.2, 0.25) is 0 Å². The standard InChI is InChI=1S/C17H25N3O2/c1-4-15(13-6-9-18-10-7-13)20(5-2)17(22)14-8-11-19(3)16(21)12-14/h6-7,9-10,14-15H,4-5,8,11-12H2,1-3H3/t14-,15+/m0/s1. The summed E-state index contributed by atoms with van der Waals surface area (Å²) in [6, 6.07) is 3.98. The molecule has 22 heavy (non-hydrogen) atoms. The first-order chi connectivity index (χ1) is 10.6. The Balaban J connectivity index is 2.16. The SMILES string of the molecule is CC[C@H](c1ccncc1)N(CC)C(=O)[C@H]1CCN(C)C(=O)C1. The topological polar surface area (TPSA) is 53.5 Å². The third-order valence-corrected chi connectivity index (χ3v) is 4.49. The van der Waals surface area contributed by atoms with Crippen molar-refractivity contribution in [3.05, 3.63) is 30.1 Å². The van der Waals surface area contributed by atoms with Crippen LogP contribution in [0.4, 0.5) is 0 Å². The highest BCUT2D eigenvalue weighted by Crippen LogP contribution is 2.28. The smallest absolute Gasteiger partial charge is 0.226 e. The van der Waals surface area contributed by atoms with Crippen LogP contribution in [0.3, 0.4) is 0 Å². The summed E-state index contributed by atoms with van der Waals surface area (Å²) in [7, 11) is 1.80. The van der Waals surface area contributed by atoms with Gasteiger partial charge in [0.15, 0.2) is 0 Å². The highest BCUT2D eigenvalue weighted by Gasteiger charge is 2.33. The van der Waals surface area contributed by atoms with Crippen LogP contribution >= 0.6 is 0 Å². The second-order valence-electron chi connectivity index (χ2n) is 5.83. The number of carbonyl (C=O) groups is 2. The molecule has 1 aromatic rings. The average molecular weight is 303 g/mol. The lowest BCUT2D eigenvalue weighted by Gasteiger charge is -2.36. The minimum atomic E-state index is -0.181. The second kappa shape index (κ2) is 7.38. The van der Waals surface area contributed by atoms with Crippen LogP contribution in [0, 0.1) is 5.92 Å². The van der Waals surface area contributed by atoms with Gasteiger partial charge in [-0.2, -0.15) is 0 Å². The Labute approximate surface area is 132 Å². The van der Waals surface area contributed by atoms with Crippen LogP contribution in [0.5, 0.6) is 0 Å². The fraction of sp³-hybridized carbons (Fsp3) is 0.588. The first kappa shape index (κ1) is 16.5. The number of likely N-dealkylation sites (tertiary alicyclic amines) is 1. The zero-order valence-electron chi connectivity index (χ0n) is 13.7. The van der Waals surface area contributed by atoms with Gasteiger partial charge in [0.05, 0.1) is 6.04 Å². The van der Waals surface area contributed by atoms with E-state index in [-0.39, 0.29) is 23.8 Å². The lowest BCUT2D eigenvalue weighted by atomic mass is 9.93. The lowest BCUT2D eigenvalue weighted by molar-refractivity contribution is -0.146. The van der Waals surface area contributed by atoms with Gasteiger partial charge in [-0.15, -0.1) is 0 Å². The summed E-state index contributed by atoms with van der Waals surface area (Å²) in [4.78, 5) is 32.4. The van der Waals surface area contributed by atoms with E-state index in [4.69, 9.17) is 0 Å². The monoisotopic (exact) mass is 303 g/mol. The van der Waals surface area contributed by atoms with Crippen LogP contribution in [-0.4, -0.2) is 46.7 Å². The Bertz CT molecular complexity index is 518. The molecule has 5 nitrogen and oxygen atoms in total. The van der Waals surface area contributed by atoms with E-state index in [1.807, 2.05) is 24.0 Å². The van der Waals surface area contributed by atoms with E-state index in [0.29, 0.717) is 19.5 Å². The molecule has 120 valence electrons. The number of hydrogen-bond donors (Lipinski definition) is 0. The van der Waals surface area contributed by atoms with E-state index >= 15 is 0 Å². The molecule has 0 N–H and O–H groups in total. The van der Waals surface area contributed by atoms with Gasteiger partial charge in [-0.05, 0) is 37.5 Å². The molecule has 2 atom stereocenters. The predicted molar refractivity (Wildman–Crippen MR) is 85.0 cm³/mol. The minimum Gasteiger partial charge on any atom is -0.346 e. The molecular formula is C17H25N3O2. The summed E-state index contributed by atoms with van der Waals surface area (Å²) < 4.78 is 0. The molecule has 1 aliphatic heterocycles. The largest absolute Gasteiger partial charge is 0.346 e.